The molecule has 2 aliphatic rings. The minimum Gasteiger partial charge on any atom is -0.370 e. The molecule has 1 aromatic rings. The van der Waals surface area contributed by atoms with Crippen LogP contribution in [-0.4, -0.2) is 62.3 Å². The molecule has 0 aliphatic carbocycles. The topological polar surface area (TPSA) is 91.0 Å². The van der Waals surface area contributed by atoms with Crippen LogP contribution in [0.1, 0.15) is 44.6 Å². The van der Waals surface area contributed by atoms with E-state index in [1.54, 1.807) is 22.5 Å². The van der Waals surface area contributed by atoms with E-state index < -0.39 is 10.0 Å². The number of nitrogens with one attached hydrogen (secondary N) is 1. The van der Waals surface area contributed by atoms with Crippen molar-refractivity contribution < 1.29 is 8.42 Å². The maximum Gasteiger partial charge on any atom is 0.243 e. The largest absolute Gasteiger partial charge is 0.370 e. The van der Waals surface area contributed by atoms with E-state index in [1.807, 2.05) is 6.07 Å². The van der Waals surface area contributed by atoms with Crippen molar-refractivity contribution in [3.63, 3.8) is 0 Å². The third-order valence-corrected chi connectivity index (χ3v) is 7.60. The van der Waals surface area contributed by atoms with Crippen LogP contribution in [0.2, 0.25) is 0 Å². The Bertz CT molecular complexity index is 775. The smallest absolute Gasteiger partial charge is 0.243 e. The van der Waals surface area contributed by atoms with Gasteiger partial charge in [0.25, 0.3) is 0 Å². The van der Waals surface area contributed by atoms with E-state index in [9.17, 15) is 8.42 Å². The number of piperidine rings is 1. The number of likely N-dealkylation sites (tertiary alicyclic amines) is 1. The molecule has 2 heterocycles. The Kier molecular flexibility index (Phi) is 7.31. The molecule has 0 radical (unpaired) electrons. The van der Waals surface area contributed by atoms with E-state index in [-0.39, 0.29) is 0 Å². The van der Waals surface area contributed by atoms with E-state index in [0.717, 1.165) is 44.5 Å². The summed E-state index contributed by atoms with van der Waals surface area (Å²) in [5, 5.41) is 3.22. The first-order valence-electron chi connectivity index (χ1n) is 10.4. The molecule has 1 atom stereocenters. The first-order chi connectivity index (χ1) is 13.5. The molecule has 2 saturated heterocycles. The van der Waals surface area contributed by atoms with Crippen LogP contribution in [-0.2, 0) is 16.6 Å². The lowest BCUT2D eigenvalue weighted by atomic mass is 10.2. The highest BCUT2D eigenvalue weighted by molar-refractivity contribution is 7.89. The van der Waals surface area contributed by atoms with Crippen LogP contribution in [0.4, 0.5) is 0 Å². The van der Waals surface area contributed by atoms with Gasteiger partial charge in [0.05, 0.1) is 11.4 Å². The molecule has 2 fully saturated rings. The summed E-state index contributed by atoms with van der Waals surface area (Å²) in [5.41, 5.74) is 6.87. The standard InChI is InChI=1S/C20H33N5O2S/c1-2-24-11-7-9-18(24)16-23-20(21)22-15-17-8-6-10-19(14-17)28(26,27)25-12-4-3-5-13-25/h6,8,10,14,18H,2-5,7,9,11-13,15-16H2,1H3,(H3,21,22,23). The van der Waals surface area contributed by atoms with Gasteiger partial charge in [0, 0.05) is 25.7 Å². The van der Waals surface area contributed by atoms with Gasteiger partial charge in [-0.15, -0.1) is 0 Å². The predicted molar refractivity (Wildman–Crippen MR) is 113 cm³/mol. The molecule has 0 spiro atoms. The molecule has 8 heteroatoms. The second-order valence-corrected chi connectivity index (χ2v) is 9.56. The molecule has 0 amide bonds. The number of aliphatic imine (C=N–C) groups is 1. The minimum absolute atomic E-state index is 0.346. The van der Waals surface area contributed by atoms with E-state index in [1.165, 1.54) is 12.8 Å². The predicted octanol–water partition coefficient (Wildman–Crippen LogP) is 1.75. The van der Waals surface area contributed by atoms with Crippen LogP contribution < -0.4 is 11.1 Å². The second kappa shape index (κ2) is 9.71. The summed E-state index contributed by atoms with van der Waals surface area (Å²) >= 11 is 0. The summed E-state index contributed by atoms with van der Waals surface area (Å²) in [6.07, 6.45) is 5.38. The number of benzene rings is 1. The van der Waals surface area contributed by atoms with Crippen molar-refractivity contribution in [3.8, 4) is 0 Å². The number of rotatable bonds is 7. The van der Waals surface area contributed by atoms with Crippen LogP contribution in [0.5, 0.6) is 0 Å². The normalized spacial score (nSPS) is 22.5. The van der Waals surface area contributed by atoms with E-state index in [0.29, 0.717) is 36.5 Å². The number of nitrogens with two attached hydrogens (primary N) is 1. The summed E-state index contributed by atoms with van der Waals surface area (Å²) in [6, 6.07) is 7.57. The van der Waals surface area contributed by atoms with Crippen molar-refractivity contribution in [2.45, 2.75) is 56.5 Å². The van der Waals surface area contributed by atoms with Crippen LogP contribution in [0.15, 0.2) is 34.2 Å². The monoisotopic (exact) mass is 407 g/mol. The summed E-state index contributed by atoms with van der Waals surface area (Å²) in [4.78, 5) is 7.20. The molecule has 156 valence electrons. The summed E-state index contributed by atoms with van der Waals surface area (Å²) in [6.45, 7) is 6.77. The molecule has 7 nitrogen and oxygen atoms in total. The average Bonchev–Trinajstić information content (AvgIpc) is 3.19. The molecule has 2 aliphatic heterocycles. The van der Waals surface area contributed by atoms with Crippen LogP contribution in [0, 0.1) is 0 Å². The molecule has 1 aromatic carbocycles. The zero-order chi connectivity index (χ0) is 20.0. The van der Waals surface area contributed by atoms with Gasteiger partial charge in [-0.3, -0.25) is 4.90 Å². The van der Waals surface area contributed by atoms with Gasteiger partial charge in [0.1, 0.15) is 0 Å². The summed E-state index contributed by atoms with van der Waals surface area (Å²) < 4.78 is 27.3. The highest BCUT2D eigenvalue weighted by Crippen LogP contribution is 2.21. The lowest BCUT2D eigenvalue weighted by Crippen LogP contribution is -2.42. The van der Waals surface area contributed by atoms with Gasteiger partial charge in [-0.25, -0.2) is 13.4 Å². The van der Waals surface area contributed by atoms with Crippen molar-refractivity contribution in [1.82, 2.24) is 14.5 Å². The number of nitrogens with zero attached hydrogens (tertiary/aromatic N) is 3. The van der Waals surface area contributed by atoms with Gasteiger partial charge in [-0.2, -0.15) is 4.31 Å². The van der Waals surface area contributed by atoms with Crippen molar-refractivity contribution in [2.24, 2.45) is 10.7 Å². The summed E-state index contributed by atoms with van der Waals surface area (Å²) in [5.74, 6) is 0.409. The first kappa shape index (κ1) is 21.1. The number of likely N-dealkylation sites (N-methyl/N-ethyl adjacent to an activating group) is 1. The average molecular weight is 408 g/mol. The Morgan fingerprint density at radius 2 is 2.00 bits per heavy atom. The Morgan fingerprint density at radius 1 is 1.21 bits per heavy atom. The molecule has 0 saturated carbocycles. The fourth-order valence-electron chi connectivity index (χ4n) is 4.06. The van der Waals surface area contributed by atoms with Gasteiger partial charge < -0.3 is 11.1 Å². The van der Waals surface area contributed by atoms with Gasteiger partial charge in [0.15, 0.2) is 5.96 Å². The third-order valence-electron chi connectivity index (χ3n) is 5.71. The van der Waals surface area contributed by atoms with Gasteiger partial charge >= 0.3 is 0 Å². The van der Waals surface area contributed by atoms with Crippen LogP contribution in [0.25, 0.3) is 0 Å². The molecule has 0 aromatic heterocycles. The third kappa shape index (κ3) is 5.24. The van der Waals surface area contributed by atoms with Crippen LogP contribution >= 0.6 is 0 Å². The van der Waals surface area contributed by atoms with E-state index in [4.69, 9.17) is 5.73 Å². The zero-order valence-electron chi connectivity index (χ0n) is 16.8. The molecule has 3 rings (SSSR count). The molecule has 3 N–H and O–H groups in total. The number of guanidine groups is 1. The first-order valence-corrected chi connectivity index (χ1v) is 11.8. The summed E-state index contributed by atoms with van der Waals surface area (Å²) in [7, 11) is -3.42. The Hall–Kier alpha value is -1.64. The van der Waals surface area contributed by atoms with Gasteiger partial charge in [0.2, 0.25) is 10.0 Å². The molecular weight excluding hydrogens is 374 g/mol. The number of hydrogen-bond acceptors (Lipinski definition) is 4. The Morgan fingerprint density at radius 3 is 2.75 bits per heavy atom. The minimum atomic E-state index is -3.42. The SMILES string of the molecule is CCN1CCCC1CNC(N)=NCc1cccc(S(=O)(=O)N2CCCCC2)c1. The van der Waals surface area contributed by atoms with Crippen molar-refractivity contribution in [1.29, 1.82) is 0 Å². The van der Waals surface area contributed by atoms with Gasteiger partial charge in [-0.05, 0) is 56.5 Å². The molecule has 28 heavy (non-hydrogen) atoms. The van der Waals surface area contributed by atoms with Gasteiger partial charge in [-0.1, -0.05) is 25.5 Å². The molecule has 1 unspecified atom stereocenters. The highest BCUT2D eigenvalue weighted by atomic mass is 32.2. The second-order valence-electron chi connectivity index (χ2n) is 7.62. The van der Waals surface area contributed by atoms with Crippen molar-refractivity contribution in [3.05, 3.63) is 29.8 Å². The lowest BCUT2D eigenvalue weighted by molar-refractivity contribution is 0.267. The lowest BCUT2D eigenvalue weighted by Gasteiger charge is -2.26. The van der Waals surface area contributed by atoms with Crippen molar-refractivity contribution >= 4 is 16.0 Å². The fraction of sp³-hybridized carbons (Fsp3) is 0.650. The van der Waals surface area contributed by atoms with E-state index in [2.05, 4.69) is 22.1 Å². The Labute approximate surface area is 169 Å². The van der Waals surface area contributed by atoms with E-state index >= 15 is 0 Å². The fourth-order valence-corrected chi connectivity index (χ4v) is 5.64. The van der Waals surface area contributed by atoms with Crippen LogP contribution in [0.3, 0.4) is 0 Å². The quantitative estimate of drug-likeness (QED) is 0.531. The molecule has 0 bridgehead atoms. The zero-order valence-corrected chi connectivity index (χ0v) is 17.6. The maximum atomic E-state index is 12.8. The highest BCUT2D eigenvalue weighted by Gasteiger charge is 2.26. The maximum absolute atomic E-state index is 12.8. The molecular formula is C20H33N5O2S. The number of hydrogen-bond donors (Lipinski definition) is 2. The Balaban J connectivity index is 1.58. The van der Waals surface area contributed by atoms with Crippen molar-refractivity contribution in [2.75, 3.05) is 32.7 Å². The number of sulfonamides is 1.